The minimum atomic E-state index is -0.718. The summed E-state index contributed by atoms with van der Waals surface area (Å²) in [6, 6.07) is 0. The summed E-state index contributed by atoms with van der Waals surface area (Å²) >= 11 is 0. The number of carbonyl (C=O) groups excluding carboxylic acids is 1. The molecule has 0 bridgehead atoms. The summed E-state index contributed by atoms with van der Waals surface area (Å²) in [5.74, 6) is 0.949. The fourth-order valence-electron chi connectivity index (χ4n) is 0. The van der Waals surface area contributed by atoms with E-state index in [0.29, 0.717) is 0 Å². The number of nitrogens with two attached hydrogens (primary N) is 1. The van der Waals surface area contributed by atoms with Crippen molar-refractivity contribution in [3.05, 3.63) is 0 Å². The van der Waals surface area contributed by atoms with Crippen molar-refractivity contribution in [3.63, 3.8) is 0 Å². The van der Waals surface area contributed by atoms with Gasteiger partial charge in [0.2, 0.25) is 0 Å². The number of hydrogen-bond acceptors (Lipinski definition) is 1. The van der Waals surface area contributed by atoms with Crippen molar-refractivity contribution in [1.82, 2.24) is 0 Å². The van der Waals surface area contributed by atoms with E-state index in [9.17, 15) is 4.79 Å². The molecule has 0 aromatic carbocycles. The van der Waals surface area contributed by atoms with Crippen molar-refractivity contribution in [2.24, 2.45) is 5.73 Å². The van der Waals surface area contributed by atoms with Gasteiger partial charge in [-0.1, -0.05) is 0 Å². The molecule has 0 atom stereocenters. The van der Waals surface area contributed by atoms with E-state index in [1.54, 1.807) is 5.92 Å². The molecule has 0 unspecified atom stereocenters. The molecule has 0 aliphatic carbocycles. The van der Waals surface area contributed by atoms with Crippen molar-refractivity contribution in [1.29, 1.82) is 0 Å². The summed E-state index contributed by atoms with van der Waals surface area (Å²) in [6.45, 7) is 0. The maximum absolute atomic E-state index is 9.35. The van der Waals surface area contributed by atoms with Crippen molar-refractivity contribution in [2.45, 2.75) is 0 Å². The Morgan fingerprint density at radius 2 is 2.00 bits per heavy atom. The van der Waals surface area contributed by atoms with E-state index in [1.165, 1.54) is 0 Å². The van der Waals surface area contributed by atoms with E-state index in [0.717, 1.165) is 0 Å². The molecule has 0 spiro atoms. The Balaban J connectivity index is 0. The van der Waals surface area contributed by atoms with Crippen LogP contribution in [-0.2, 0) is 32.5 Å². The molecule has 0 radical (unpaired) electrons. The number of rotatable bonds is 0. The topological polar surface area (TPSA) is 43.1 Å². The van der Waals surface area contributed by atoms with Crippen LogP contribution < -0.4 is 5.73 Å². The van der Waals surface area contributed by atoms with Crippen LogP contribution in [0.2, 0.25) is 0 Å². The summed E-state index contributed by atoms with van der Waals surface area (Å²) in [4.78, 5) is 9.35. The Morgan fingerprint density at radius 1 is 1.83 bits per heavy atom. The molecule has 0 saturated heterocycles. The van der Waals surface area contributed by atoms with Gasteiger partial charge in [-0.15, -0.1) is 6.42 Å². The fourth-order valence-corrected chi connectivity index (χ4v) is 0. The van der Waals surface area contributed by atoms with Gasteiger partial charge >= 0.3 is 0 Å². The molecule has 2 nitrogen and oxygen atoms in total. The third-order valence-electron chi connectivity index (χ3n) is 0.142. The second-order valence-electron chi connectivity index (χ2n) is 0.509. The number of primary amides is 1. The molecular weight excluding hydrogens is 267 g/mol. The maximum atomic E-state index is 9.35. The molecule has 0 aliphatic heterocycles. The average Bonchev–Trinajstić information content (AvgIpc) is 1.38. The number of hydrogen-bond donors (Lipinski definition) is 1. The zero-order valence-electron chi connectivity index (χ0n) is 3.27. The van der Waals surface area contributed by atoms with Gasteiger partial charge < -0.3 is 5.73 Å². The molecule has 0 rings (SSSR count). The van der Waals surface area contributed by atoms with E-state index in [-0.39, 0.29) is 27.7 Å². The van der Waals surface area contributed by atoms with Crippen molar-refractivity contribution in [2.75, 3.05) is 0 Å². The summed E-state index contributed by atoms with van der Waals surface area (Å²) < 4.78 is 0. The quantitative estimate of drug-likeness (QED) is 0.450. The first-order valence-electron chi connectivity index (χ1n) is 1.03. The number of terminal acetylenes is 1. The molecule has 0 fully saturated rings. The molecule has 1 amide bonds. The molecule has 28 valence electrons. The Labute approximate surface area is 56.6 Å². The van der Waals surface area contributed by atoms with Crippen molar-refractivity contribution in [3.8, 4) is 12.3 Å². The molecule has 0 aromatic rings. The van der Waals surface area contributed by atoms with Crippen LogP contribution in [0, 0.1) is 12.3 Å². The summed E-state index contributed by atoms with van der Waals surface area (Å²) in [5.41, 5.74) is 4.42. The predicted molar refractivity (Wildman–Crippen MR) is 18.0 cm³/mol. The van der Waals surface area contributed by atoms with Crippen LogP contribution in [0.15, 0.2) is 0 Å². The van der Waals surface area contributed by atoms with Crippen LogP contribution in [0.3, 0.4) is 0 Å². The van der Waals surface area contributed by atoms with Crippen LogP contribution in [-0.4, -0.2) is 5.91 Å². The van der Waals surface area contributed by atoms with Gasteiger partial charge in [-0.25, -0.2) is 0 Å². The zero-order valence-corrected chi connectivity index (χ0v) is 8.77. The first kappa shape index (κ1) is 9.35. The van der Waals surface area contributed by atoms with Crippen molar-refractivity contribution >= 4 is 5.91 Å². The van der Waals surface area contributed by atoms with Crippen LogP contribution in [0.4, 0.5) is 0 Å². The van der Waals surface area contributed by atoms with Gasteiger partial charge in [0, 0.05) is 27.7 Å². The monoisotopic (exact) mass is 271 g/mol. The van der Waals surface area contributed by atoms with E-state index < -0.39 is 5.91 Å². The maximum Gasteiger partial charge on any atom is 0.293 e. The van der Waals surface area contributed by atoms with Gasteiger partial charge in [0.1, 0.15) is 0 Å². The van der Waals surface area contributed by atoms with Crippen LogP contribution in [0.25, 0.3) is 0 Å². The molecule has 3 heteroatoms. The zero-order chi connectivity index (χ0) is 4.28. The summed E-state index contributed by atoms with van der Waals surface area (Å²) in [5, 5.41) is 0. The second-order valence-corrected chi connectivity index (χ2v) is 0.509. The van der Waals surface area contributed by atoms with E-state index in [2.05, 4.69) is 12.2 Å². The standard InChI is InChI=1S/C3H3NO.Hg/c1-2-3(4)5;/h1H,(H2,4,5);. The summed E-state index contributed by atoms with van der Waals surface area (Å²) in [7, 11) is 0. The predicted octanol–water partition coefficient (Wildman–Crippen LogP) is -0.898. The molecule has 2 N–H and O–H groups in total. The SMILES string of the molecule is C#CC(N)=O.[Hg]. The minimum Gasteiger partial charge on any atom is -0.359 e. The third kappa shape index (κ3) is 9.03. The van der Waals surface area contributed by atoms with Crippen LogP contribution >= 0.6 is 0 Å². The van der Waals surface area contributed by atoms with Gasteiger partial charge in [0.05, 0.1) is 0 Å². The largest absolute Gasteiger partial charge is 0.359 e. The molecule has 6 heavy (non-hydrogen) atoms. The average molecular weight is 270 g/mol. The number of amides is 1. The van der Waals surface area contributed by atoms with Gasteiger partial charge in [-0.05, 0) is 5.92 Å². The molecule has 0 aliphatic rings. The van der Waals surface area contributed by atoms with Gasteiger partial charge in [-0.2, -0.15) is 0 Å². The Hall–Kier alpha value is -0.0349. The summed E-state index contributed by atoms with van der Waals surface area (Å²) in [6.07, 6.45) is 4.45. The Morgan fingerprint density at radius 3 is 2.00 bits per heavy atom. The first-order chi connectivity index (χ1) is 2.27. The Kier molecular flexibility index (Phi) is 7.74. The van der Waals surface area contributed by atoms with Gasteiger partial charge in [0.25, 0.3) is 5.91 Å². The van der Waals surface area contributed by atoms with Gasteiger partial charge in [-0.3, -0.25) is 4.79 Å². The normalized spacial score (nSPS) is 4.50. The fraction of sp³-hybridized carbons (Fsp3) is 0. The van der Waals surface area contributed by atoms with Crippen LogP contribution in [0.1, 0.15) is 0 Å². The van der Waals surface area contributed by atoms with E-state index >= 15 is 0 Å². The third-order valence-corrected chi connectivity index (χ3v) is 0.142. The molecule has 0 saturated carbocycles. The first-order valence-corrected chi connectivity index (χ1v) is 1.03. The smallest absolute Gasteiger partial charge is 0.293 e. The van der Waals surface area contributed by atoms with Crippen LogP contribution in [0.5, 0.6) is 0 Å². The number of carbonyl (C=O) groups is 1. The van der Waals surface area contributed by atoms with E-state index in [1.807, 2.05) is 0 Å². The molecular formula is C3H3HgNO. The Bertz CT molecular complexity index is 83.3. The van der Waals surface area contributed by atoms with E-state index in [4.69, 9.17) is 0 Å². The molecule has 0 aromatic heterocycles. The molecule has 0 heterocycles. The van der Waals surface area contributed by atoms with Gasteiger partial charge in [0.15, 0.2) is 0 Å². The van der Waals surface area contributed by atoms with Crippen molar-refractivity contribution < 1.29 is 32.5 Å². The second kappa shape index (κ2) is 4.97. The minimum absolute atomic E-state index is 0.